The smallest absolute Gasteiger partial charge is 0.275 e. The maximum absolute atomic E-state index is 13.4. The van der Waals surface area contributed by atoms with E-state index in [1.54, 1.807) is 41.1 Å². The van der Waals surface area contributed by atoms with Gasteiger partial charge in [0, 0.05) is 29.7 Å². The number of rotatable bonds is 6. The minimum atomic E-state index is -0.397. The minimum Gasteiger partial charge on any atom is -0.512 e. The van der Waals surface area contributed by atoms with Crippen molar-refractivity contribution >= 4 is 23.0 Å². The first kappa shape index (κ1) is 25.8. The second-order valence-electron chi connectivity index (χ2n) is 10.5. The summed E-state index contributed by atoms with van der Waals surface area (Å²) in [4.78, 5) is 48.6. The minimum absolute atomic E-state index is 0.0580. The number of hydrogen-bond donors (Lipinski definition) is 3. The molecule has 3 heterocycles. The highest BCUT2D eigenvalue weighted by molar-refractivity contribution is 5.96. The van der Waals surface area contributed by atoms with Crippen molar-refractivity contribution in [2.45, 2.75) is 39.2 Å². The molecule has 0 amide bonds. The molecule has 1 fully saturated rings. The number of aliphatic hydroxyl groups is 1. The van der Waals surface area contributed by atoms with E-state index in [1.807, 2.05) is 18.2 Å². The summed E-state index contributed by atoms with van der Waals surface area (Å²) in [6.07, 6.45) is 11.9. The molecular formula is C31H31N5O4. The van der Waals surface area contributed by atoms with Crippen LogP contribution in [0.5, 0.6) is 0 Å². The van der Waals surface area contributed by atoms with E-state index in [-0.39, 0.29) is 29.2 Å². The van der Waals surface area contributed by atoms with Crippen molar-refractivity contribution in [3.8, 4) is 0 Å². The molecule has 0 bridgehead atoms. The van der Waals surface area contributed by atoms with Crippen LogP contribution in [0.2, 0.25) is 0 Å². The number of fused-ring (bicyclic) bond motifs is 2. The Hall–Kier alpha value is -4.50. The van der Waals surface area contributed by atoms with Crippen molar-refractivity contribution < 1.29 is 9.90 Å². The Balaban J connectivity index is 1.38. The van der Waals surface area contributed by atoms with Crippen LogP contribution in [0, 0.1) is 0 Å². The Morgan fingerprint density at radius 1 is 1.12 bits per heavy atom. The standard InChI is InChI=1S/C31H31N5O4/c1-19(37)20-7-6-8-21(15-20)22-16-23(38)18-27-26(17-22)33-30(39)29(32-27)24-9-2-3-10-25-28(24)34-36(31(25)40)14-13-35-11-4-5-12-35/h2-3,6-9,15-17,34,38H,4-5,10-14,18H2,1H3,(H,33,39). The van der Waals surface area contributed by atoms with Gasteiger partial charge < -0.3 is 15.0 Å². The van der Waals surface area contributed by atoms with Crippen molar-refractivity contribution in [2.24, 2.45) is 0 Å². The summed E-state index contributed by atoms with van der Waals surface area (Å²) >= 11 is 0. The van der Waals surface area contributed by atoms with Crippen molar-refractivity contribution in [3.05, 3.63) is 115 Å². The fraction of sp³-hybridized carbons (Fsp3) is 0.290. The molecule has 0 atom stereocenters. The van der Waals surface area contributed by atoms with Gasteiger partial charge in [0.25, 0.3) is 11.1 Å². The van der Waals surface area contributed by atoms with Crippen LogP contribution < -0.4 is 11.1 Å². The van der Waals surface area contributed by atoms with Crippen molar-refractivity contribution in [1.82, 2.24) is 24.6 Å². The van der Waals surface area contributed by atoms with Gasteiger partial charge in [-0.2, -0.15) is 0 Å². The number of aromatic nitrogens is 4. The highest BCUT2D eigenvalue weighted by atomic mass is 16.3. The molecule has 3 aromatic rings. The van der Waals surface area contributed by atoms with Gasteiger partial charge in [-0.1, -0.05) is 36.4 Å². The number of aromatic amines is 2. The Morgan fingerprint density at radius 3 is 2.75 bits per heavy atom. The van der Waals surface area contributed by atoms with E-state index in [0.717, 1.165) is 25.2 Å². The molecule has 3 aliphatic rings. The van der Waals surface area contributed by atoms with E-state index < -0.39 is 5.56 Å². The van der Waals surface area contributed by atoms with E-state index in [0.29, 0.717) is 52.3 Å². The molecule has 9 heteroatoms. The zero-order chi connectivity index (χ0) is 27.8. The normalized spacial score (nSPS) is 16.9. The van der Waals surface area contributed by atoms with E-state index in [2.05, 4.69) is 15.0 Å². The summed E-state index contributed by atoms with van der Waals surface area (Å²) in [5.41, 5.74) is 4.39. The van der Waals surface area contributed by atoms with Gasteiger partial charge in [0.1, 0.15) is 5.69 Å². The molecule has 0 spiro atoms. The Morgan fingerprint density at radius 2 is 1.95 bits per heavy atom. The largest absolute Gasteiger partial charge is 0.512 e. The average Bonchev–Trinajstić information content (AvgIpc) is 3.45. The first-order chi connectivity index (χ1) is 19.4. The predicted octanol–water partition coefficient (Wildman–Crippen LogP) is 3.64. The number of ketones is 1. The number of Topliss-reactive ketones (excluding diaryl/α,β-unsaturated/α-hetero) is 1. The average molecular weight is 538 g/mol. The summed E-state index contributed by atoms with van der Waals surface area (Å²) in [6, 6.07) is 7.14. The number of H-pyrrole nitrogens is 2. The lowest BCUT2D eigenvalue weighted by atomic mass is 10.0. The molecule has 1 aliphatic heterocycles. The number of carbonyl (C=O) groups is 1. The molecule has 0 saturated carbocycles. The lowest BCUT2D eigenvalue weighted by Crippen LogP contribution is -2.28. The van der Waals surface area contributed by atoms with E-state index >= 15 is 0 Å². The monoisotopic (exact) mass is 537 g/mol. The van der Waals surface area contributed by atoms with Crippen LogP contribution in [0.15, 0.2) is 63.9 Å². The molecule has 9 nitrogen and oxygen atoms in total. The fourth-order valence-corrected chi connectivity index (χ4v) is 5.59. The van der Waals surface area contributed by atoms with Crippen molar-refractivity contribution in [3.63, 3.8) is 0 Å². The molecular weight excluding hydrogens is 506 g/mol. The summed E-state index contributed by atoms with van der Waals surface area (Å²) < 4.78 is 1.63. The quantitative estimate of drug-likeness (QED) is 0.413. The van der Waals surface area contributed by atoms with Crippen LogP contribution in [0.25, 0.3) is 17.2 Å². The first-order valence-corrected chi connectivity index (χ1v) is 13.6. The van der Waals surface area contributed by atoms with Gasteiger partial charge in [0.05, 0.1) is 29.4 Å². The molecule has 40 heavy (non-hydrogen) atoms. The molecule has 3 N–H and O–H groups in total. The number of hydrogen-bond acceptors (Lipinski definition) is 6. The van der Waals surface area contributed by atoms with Gasteiger partial charge in [-0.25, -0.2) is 4.98 Å². The predicted molar refractivity (Wildman–Crippen MR) is 154 cm³/mol. The third-order valence-corrected chi connectivity index (χ3v) is 7.73. The molecule has 2 aromatic heterocycles. The third kappa shape index (κ3) is 4.96. The lowest BCUT2D eigenvalue weighted by Gasteiger charge is -2.14. The highest BCUT2D eigenvalue weighted by Gasteiger charge is 2.24. The van der Waals surface area contributed by atoms with Gasteiger partial charge in [-0.05, 0) is 68.6 Å². The molecule has 1 saturated heterocycles. The topological polar surface area (TPSA) is 124 Å². The second kappa shape index (κ2) is 10.6. The number of nitrogens with one attached hydrogen (secondary N) is 2. The Bertz CT molecular complexity index is 1740. The van der Waals surface area contributed by atoms with Gasteiger partial charge in [-0.15, -0.1) is 0 Å². The van der Waals surface area contributed by atoms with Gasteiger partial charge >= 0.3 is 0 Å². The summed E-state index contributed by atoms with van der Waals surface area (Å²) in [5.74, 6) is 0.0260. The van der Waals surface area contributed by atoms with Crippen molar-refractivity contribution in [2.75, 3.05) is 19.6 Å². The van der Waals surface area contributed by atoms with Crippen LogP contribution >= 0.6 is 0 Å². The molecule has 0 radical (unpaired) electrons. The van der Waals surface area contributed by atoms with Crippen LogP contribution in [0.3, 0.4) is 0 Å². The fourth-order valence-electron chi connectivity index (χ4n) is 5.59. The molecule has 204 valence electrons. The van der Waals surface area contributed by atoms with E-state index in [4.69, 9.17) is 4.98 Å². The number of carbonyl (C=O) groups excluding carboxylic acids is 1. The van der Waals surface area contributed by atoms with Crippen LogP contribution in [-0.2, 0) is 19.4 Å². The van der Waals surface area contributed by atoms with Crippen LogP contribution in [0.1, 0.15) is 64.0 Å². The zero-order valence-corrected chi connectivity index (χ0v) is 22.4. The second-order valence-corrected chi connectivity index (χ2v) is 10.5. The van der Waals surface area contributed by atoms with E-state index in [9.17, 15) is 19.5 Å². The first-order valence-electron chi connectivity index (χ1n) is 13.6. The van der Waals surface area contributed by atoms with E-state index in [1.165, 1.54) is 19.8 Å². The SMILES string of the molecule is CC(=O)c1cccc(C2=Cc3[nH]c(=O)c(C4=CC=CCc5c4[nH]n(CCN4CCCC4)c5=O)nc3CC(O)=C2)c1. The molecule has 1 aromatic carbocycles. The maximum Gasteiger partial charge on any atom is 0.275 e. The Kier molecular flexibility index (Phi) is 6.81. The zero-order valence-electron chi connectivity index (χ0n) is 22.4. The lowest BCUT2D eigenvalue weighted by molar-refractivity contribution is 0.101. The number of benzene rings is 1. The van der Waals surface area contributed by atoms with Crippen LogP contribution in [-0.4, -0.2) is 55.2 Å². The Labute approximate surface area is 230 Å². The van der Waals surface area contributed by atoms with Gasteiger partial charge in [-0.3, -0.25) is 24.2 Å². The van der Waals surface area contributed by atoms with Gasteiger partial charge in [0.2, 0.25) is 0 Å². The maximum atomic E-state index is 13.4. The van der Waals surface area contributed by atoms with Crippen LogP contribution in [0.4, 0.5) is 0 Å². The molecule has 0 unspecified atom stereocenters. The number of aliphatic hydroxyl groups excluding tert-OH is 1. The number of allylic oxidation sites excluding steroid dienone is 6. The van der Waals surface area contributed by atoms with Gasteiger partial charge in [0.15, 0.2) is 5.78 Å². The summed E-state index contributed by atoms with van der Waals surface area (Å²) in [6.45, 7) is 4.95. The third-order valence-electron chi connectivity index (χ3n) is 7.73. The summed E-state index contributed by atoms with van der Waals surface area (Å²) in [7, 11) is 0. The molecule has 2 aliphatic carbocycles. The number of nitrogens with zero attached hydrogens (tertiary/aromatic N) is 3. The highest BCUT2D eigenvalue weighted by Crippen LogP contribution is 2.28. The summed E-state index contributed by atoms with van der Waals surface area (Å²) in [5, 5.41) is 14.0. The van der Waals surface area contributed by atoms with Crippen molar-refractivity contribution in [1.29, 1.82) is 0 Å². The molecule has 6 rings (SSSR count). The number of likely N-dealkylation sites (tertiary alicyclic amines) is 1.